The lowest BCUT2D eigenvalue weighted by Gasteiger charge is -2.22. The van der Waals surface area contributed by atoms with Gasteiger partial charge in [0.2, 0.25) is 5.82 Å². The van der Waals surface area contributed by atoms with E-state index in [4.69, 9.17) is 9.47 Å². The lowest BCUT2D eigenvalue weighted by molar-refractivity contribution is -0.139. The van der Waals surface area contributed by atoms with Crippen LogP contribution in [-0.4, -0.2) is 17.7 Å². The predicted molar refractivity (Wildman–Crippen MR) is 133 cm³/mol. The molecule has 0 saturated carbocycles. The van der Waals surface area contributed by atoms with Crippen LogP contribution in [0.5, 0.6) is 5.75 Å². The number of hydrogen-bond donors (Lipinski definition) is 1. The molecule has 0 bridgehead atoms. The van der Waals surface area contributed by atoms with Crippen LogP contribution in [0.25, 0.3) is 16.7 Å². The smallest absolute Gasteiger partial charge is 0.314 e. The van der Waals surface area contributed by atoms with Gasteiger partial charge in [-0.25, -0.2) is 22.0 Å². The van der Waals surface area contributed by atoms with Gasteiger partial charge < -0.3 is 14.6 Å². The maximum absolute atomic E-state index is 15.1. The predicted octanol–water partition coefficient (Wildman–Crippen LogP) is 7.49. The van der Waals surface area contributed by atoms with E-state index in [-0.39, 0.29) is 49.0 Å². The van der Waals surface area contributed by atoms with Gasteiger partial charge in [-0.15, -0.1) is 0 Å². The fourth-order valence-corrected chi connectivity index (χ4v) is 4.84. The van der Waals surface area contributed by atoms with Crippen LogP contribution in [0.4, 0.5) is 26.3 Å². The number of halogens is 6. The summed E-state index contributed by atoms with van der Waals surface area (Å²) in [5, 5.41) is 9.79. The highest BCUT2D eigenvalue weighted by molar-refractivity contribution is 5.78. The standard InChI is InChI=1S/C30H24F6O4/c1-2-21(37)19-11-12-22(29(36)27(19)34)40-30(38)15-5-3-14(4-6-15)16-7-8-17(25(32)24(16)31)18-9-10-20(23-13-39-23)28(35)26(18)33/h3,7-12,15,21,23,37H,2,4-6,13H2,1H3. The number of esters is 1. The molecule has 0 aromatic heterocycles. The molecule has 0 radical (unpaired) electrons. The normalized spacial score (nSPS) is 19.2. The van der Waals surface area contributed by atoms with Crippen LogP contribution in [0.3, 0.4) is 0 Å². The zero-order chi connectivity index (χ0) is 28.7. The molecule has 1 N–H and O–H groups in total. The molecule has 1 saturated heterocycles. The van der Waals surface area contributed by atoms with E-state index in [1.807, 2.05) is 0 Å². The number of carbonyl (C=O) groups is 1. The Morgan fingerprint density at radius 2 is 1.52 bits per heavy atom. The first-order valence-corrected chi connectivity index (χ1v) is 12.8. The van der Waals surface area contributed by atoms with E-state index in [0.717, 1.165) is 18.2 Å². The topological polar surface area (TPSA) is 59.1 Å². The fraction of sp³-hybridized carbons (Fsp3) is 0.300. The first-order chi connectivity index (χ1) is 19.1. The molecule has 0 amide bonds. The van der Waals surface area contributed by atoms with Crippen molar-refractivity contribution in [3.8, 4) is 16.9 Å². The number of aliphatic hydroxyl groups is 1. The van der Waals surface area contributed by atoms with Crippen molar-refractivity contribution in [2.45, 2.75) is 44.8 Å². The molecule has 1 aliphatic heterocycles. The number of benzene rings is 3. The zero-order valence-corrected chi connectivity index (χ0v) is 21.2. The zero-order valence-electron chi connectivity index (χ0n) is 21.2. The minimum absolute atomic E-state index is 0.0133. The highest BCUT2D eigenvalue weighted by Crippen LogP contribution is 2.39. The molecule has 5 rings (SSSR count). The lowest BCUT2D eigenvalue weighted by Crippen LogP contribution is -2.23. The number of carbonyl (C=O) groups excluding carboxylic acids is 1. The Balaban J connectivity index is 1.31. The molecule has 1 fully saturated rings. The van der Waals surface area contributed by atoms with Gasteiger partial charge in [0.05, 0.1) is 18.6 Å². The van der Waals surface area contributed by atoms with Crippen molar-refractivity contribution in [1.82, 2.24) is 0 Å². The van der Waals surface area contributed by atoms with Gasteiger partial charge in [-0.2, -0.15) is 4.39 Å². The molecule has 2 aliphatic rings. The molecule has 40 heavy (non-hydrogen) atoms. The second-order valence-electron chi connectivity index (χ2n) is 9.77. The quantitative estimate of drug-likeness (QED) is 0.140. The van der Waals surface area contributed by atoms with E-state index in [1.54, 1.807) is 6.92 Å². The summed E-state index contributed by atoms with van der Waals surface area (Å²) in [6, 6.07) is 7.09. The molecule has 0 spiro atoms. The number of aliphatic hydroxyl groups excluding tert-OH is 1. The van der Waals surface area contributed by atoms with Crippen LogP contribution in [-0.2, 0) is 9.53 Å². The van der Waals surface area contributed by atoms with Crippen LogP contribution in [0.15, 0.2) is 42.5 Å². The van der Waals surface area contributed by atoms with Crippen molar-refractivity contribution in [2.75, 3.05) is 6.61 Å². The highest BCUT2D eigenvalue weighted by Gasteiger charge is 2.32. The van der Waals surface area contributed by atoms with Gasteiger partial charge in [0.15, 0.2) is 34.8 Å². The van der Waals surface area contributed by atoms with Gasteiger partial charge in [-0.05, 0) is 43.4 Å². The van der Waals surface area contributed by atoms with Crippen molar-refractivity contribution in [1.29, 1.82) is 0 Å². The Morgan fingerprint density at radius 3 is 2.15 bits per heavy atom. The lowest BCUT2D eigenvalue weighted by atomic mass is 9.86. The summed E-state index contributed by atoms with van der Waals surface area (Å²) in [5.41, 5.74) is -0.788. The molecule has 10 heteroatoms. The van der Waals surface area contributed by atoms with Crippen molar-refractivity contribution in [2.24, 2.45) is 5.92 Å². The Bertz CT molecular complexity index is 1510. The molecular formula is C30H24F6O4. The average Bonchev–Trinajstić information content (AvgIpc) is 3.80. The molecule has 210 valence electrons. The van der Waals surface area contributed by atoms with E-state index in [1.165, 1.54) is 24.3 Å². The van der Waals surface area contributed by atoms with E-state index in [2.05, 4.69) is 0 Å². The van der Waals surface area contributed by atoms with E-state index in [9.17, 15) is 27.5 Å². The summed E-state index contributed by atoms with van der Waals surface area (Å²) >= 11 is 0. The van der Waals surface area contributed by atoms with Gasteiger partial charge in [-0.3, -0.25) is 4.79 Å². The summed E-state index contributed by atoms with van der Waals surface area (Å²) in [4.78, 5) is 12.6. The largest absolute Gasteiger partial charge is 0.423 e. The Labute approximate surface area is 225 Å². The number of hydrogen-bond acceptors (Lipinski definition) is 4. The third kappa shape index (κ3) is 5.13. The summed E-state index contributed by atoms with van der Waals surface area (Å²) in [6.45, 7) is 1.85. The first kappa shape index (κ1) is 27.9. The first-order valence-electron chi connectivity index (χ1n) is 12.8. The van der Waals surface area contributed by atoms with Gasteiger partial charge in [0, 0.05) is 27.8 Å². The molecule has 1 aliphatic carbocycles. The minimum atomic E-state index is -1.39. The van der Waals surface area contributed by atoms with E-state index in [0.29, 0.717) is 5.57 Å². The van der Waals surface area contributed by atoms with Crippen molar-refractivity contribution in [3.63, 3.8) is 0 Å². The number of epoxide rings is 1. The van der Waals surface area contributed by atoms with Gasteiger partial charge in [-0.1, -0.05) is 37.3 Å². The van der Waals surface area contributed by atoms with E-state index < -0.39 is 75.9 Å². The number of rotatable bonds is 7. The van der Waals surface area contributed by atoms with Crippen LogP contribution < -0.4 is 4.74 Å². The fourth-order valence-electron chi connectivity index (χ4n) is 4.84. The summed E-state index contributed by atoms with van der Waals surface area (Å²) in [7, 11) is 0. The van der Waals surface area contributed by atoms with Crippen LogP contribution >= 0.6 is 0 Å². The highest BCUT2D eigenvalue weighted by atomic mass is 19.2. The summed E-state index contributed by atoms with van der Waals surface area (Å²) < 4.78 is 97.9. The van der Waals surface area contributed by atoms with Gasteiger partial charge >= 0.3 is 5.97 Å². The SMILES string of the molecule is CCC(O)c1ccc(OC(=O)C2CC=C(c3ccc(-c4ccc(C5CO5)c(F)c4F)c(F)c3F)CC2)c(F)c1F. The third-order valence-electron chi connectivity index (χ3n) is 7.29. The minimum Gasteiger partial charge on any atom is -0.423 e. The molecule has 1 heterocycles. The average molecular weight is 563 g/mol. The maximum atomic E-state index is 15.1. The molecule has 3 atom stereocenters. The molecule has 3 unspecified atom stereocenters. The van der Waals surface area contributed by atoms with Crippen LogP contribution in [0, 0.1) is 40.8 Å². The van der Waals surface area contributed by atoms with Crippen LogP contribution in [0.2, 0.25) is 0 Å². The molecular weight excluding hydrogens is 538 g/mol. The van der Waals surface area contributed by atoms with E-state index >= 15 is 8.78 Å². The summed E-state index contributed by atoms with van der Waals surface area (Å²) in [6.07, 6.45) is 0.309. The van der Waals surface area contributed by atoms with Crippen molar-refractivity contribution >= 4 is 11.5 Å². The Morgan fingerprint density at radius 1 is 0.900 bits per heavy atom. The molecule has 4 nitrogen and oxygen atoms in total. The second-order valence-corrected chi connectivity index (χ2v) is 9.77. The Hall–Kier alpha value is -3.63. The van der Waals surface area contributed by atoms with Crippen LogP contribution in [0.1, 0.15) is 61.5 Å². The maximum Gasteiger partial charge on any atom is 0.314 e. The third-order valence-corrected chi connectivity index (χ3v) is 7.29. The van der Waals surface area contributed by atoms with Crippen molar-refractivity contribution < 1.29 is 45.7 Å². The molecule has 3 aromatic carbocycles. The monoisotopic (exact) mass is 562 g/mol. The van der Waals surface area contributed by atoms with Crippen molar-refractivity contribution in [3.05, 3.63) is 94.1 Å². The Kier molecular flexibility index (Phi) is 7.74. The number of allylic oxidation sites excluding steroid dienone is 2. The van der Waals surface area contributed by atoms with Gasteiger partial charge in [0.1, 0.15) is 6.10 Å². The molecule has 3 aromatic rings. The summed E-state index contributed by atoms with van der Waals surface area (Å²) in [5.74, 6) is -9.94. The second kappa shape index (κ2) is 11.1. The van der Waals surface area contributed by atoms with Gasteiger partial charge in [0.25, 0.3) is 0 Å². The number of ether oxygens (including phenoxy) is 2.